The van der Waals surface area contributed by atoms with Crippen LogP contribution in [-0.4, -0.2) is 10.9 Å². The first-order valence-electron chi connectivity index (χ1n) is 7.88. The van der Waals surface area contributed by atoms with E-state index in [1.54, 1.807) is 42.5 Å². The largest absolute Gasteiger partial charge is 0.507 e. The predicted octanol–water partition coefficient (Wildman–Crippen LogP) is 4.57. The van der Waals surface area contributed by atoms with Gasteiger partial charge in [0.25, 0.3) is 0 Å². The molecule has 0 bridgehead atoms. The van der Waals surface area contributed by atoms with Crippen LogP contribution in [0.4, 0.5) is 0 Å². The Kier molecular flexibility index (Phi) is 4.64. The Balaban J connectivity index is 2.26. The van der Waals surface area contributed by atoms with E-state index in [9.17, 15) is 14.7 Å². The Labute approximate surface area is 149 Å². The van der Waals surface area contributed by atoms with Crippen molar-refractivity contribution >= 4 is 28.4 Å². The second-order valence-electron chi connectivity index (χ2n) is 6.16. The number of aromatic hydroxyl groups is 1. The van der Waals surface area contributed by atoms with E-state index >= 15 is 0 Å². The number of benzene rings is 2. The number of ketones is 1. The molecular formula is C20H17ClO4. The lowest BCUT2D eigenvalue weighted by Gasteiger charge is -2.17. The van der Waals surface area contributed by atoms with Crippen LogP contribution in [0.1, 0.15) is 36.0 Å². The van der Waals surface area contributed by atoms with Crippen molar-refractivity contribution in [1.82, 2.24) is 0 Å². The third-order valence-corrected chi connectivity index (χ3v) is 4.43. The quantitative estimate of drug-likeness (QED) is 0.695. The van der Waals surface area contributed by atoms with Gasteiger partial charge in [0.1, 0.15) is 17.1 Å². The number of hydrogen-bond acceptors (Lipinski definition) is 4. The summed E-state index contributed by atoms with van der Waals surface area (Å²) in [5, 5.41) is 11.8. The van der Waals surface area contributed by atoms with E-state index in [-0.39, 0.29) is 23.5 Å². The molecular weight excluding hydrogens is 340 g/mol. The van der Waals surface area contributed by atoms with Crippen molar-refractivity contribution in [3.63, 3.8) is 0 Å². The van der Waals surface area contributed by atoms with Gasteiger partial charge in [-0.3, -0.25) is 4.79 Å². The van der Waals surface area contributed by atoms with E-state index in [2.05, 4.69) is 0 Å². The zero-order chi connectivity index (χ0) is 18.1. The first-order chi connectivity index (χ1) is 11.9. The molecule has 0 saturated carbocycles. The van der Waals surface area contributed by atoms with E-state index < -0.39 is 11.5 Å². The first kappa shape index (κ1) is 17.2. The standard InChI is InChI=1S/C20H17ClO4/c1-11-3-8-17-16(9-11)19(23)18(20(24)25-17)15(10-12(2)22)13-4-6-14(21)7-5-13/h3-9,15,23H,10H2,1-2H3. The van der Waals surface area contributed by atoms with Crippen LogP contribution in [0, 0.1) is 6.92 Å². The smallest absolute Gasteiger partial charge is 0.343 e. The lowest BCUT2D eigenvalue weighted by Crippen LogP contribution is -2.16. The van der Waals surface area contributed by atoms with Gasteiger partial charge in [-0.1, -0.05) is 35.4 Å². The zero-order valence-corrected chi connectivity index (χ0v) is 14.6. The SMILES string of the molecule is CC(=O)CC(c1ccc(Cl)cc1)c1c(O)c2cc(C)ccc2oc1=O. The molecule has 0 fully saturated rings. The van der Waals surface area contributed by atoms with Gasteiger partial charge >= 0.3 is 5.63 Å². The zero-order valence-electron chi connectivity index (χ0n) is 13.9. The summed E-state index contributed by atoms with van der Waals surface area (Å²) in [5.74, 6) is -0.838. The molecule has 1 unspecified atom stereocenters. The molecule has 3 rings (SSSR count). The van der Waals surface area contributed by atoms with Crippen molar-refractivity contribution in [2.24, 2.45) is 0 Å². The highest BCUT2D eigenvalue weighted by molar-refractivity contribution is 6.30. The van der Waals surface area contributed by atoms with E-state index in [0.29, 0.717) is 21.6 Å². The summed E-state index contributed by atoms with van der Waals surface area (Å²) in [6, 6.07) is 12.1. The summed E-state index contributed by atoms with van der Waals surface area (Å²) in [5.41, 5.74) is 1.41. The molecule has 0 aliphatic rings. The normalized spacial score (nSPS) is 12.3. The van der Waals surface area contributed by atoms with Gasteiger partial charge < -0.3 is 9.52 Å². The fraction of sp³-hybridized carbons (Fsp3) is 0.200. The molecule has 0 aliphatic heterocycles. The number of rotatable bonds is 4. The molecule has 0 radical (unpaired) electrons. The van der Waals surface area contributed by atoms with Crippen molar-refractivity contribution in [2.75, 3.05) is 0 Å². The number of carbonyl (C=O) groups is 1. The Hall–Kier alpha value is -2.59. The molecule has 1 atom stereocenters. The molecule has 0 aliphatic carbocycles. The molecule has 0 amide bonds. The second kappa shape index (κ2) is 6.73. The fourth-order valence-electron chi connectivity index (χ4n) is 2.99. The number of halogens is 1. The lowest BCUT2D eigenvalue weighted by molar-refractivity contribution is -0.117. The molecule has 4 nitrogen and oxygen atoms in total. The van der Waals surface area contributed by atoms with E-state index in [0.717, 1.165) is 5.56 Å². The number of Topliss-reactive ketones (excluding diaryl/α,β-unsaturated/α-hetero) is 1. The summed E-state index contributed by atoms with van der Waals surface area (Å²) in [7, 11) is 0. The monoisotopic (exact) mass is 356 g/mol. The Morgan fingerprint density at radius 3 is 2.52 bits per heavy atom. The number of hydrogen-bond donors (Lipinski definition) is 1. The molecule has 128 valence electrons. The molecule has 3 aromatic rings. The molecule has 1 heterocycles. The summed E-state index contributed by atoms with van der Waals surface area (Å²) in [4.78, 5) is 24.3. The van der Waals surface area contributed by atoms with Gasteiger partial charge in [0.2, 0.25) is 0 Å². The minimum atomic E-state index is -0.643. The second-order valence-corrected chi connectivity index (χ2v) is 6.60. The molecule has 1 N–H and O–H groups in total. The van der Waals surface area contributed by atoms with Crippen LogP contribution in [0.3, 0.4) is 0 Å². The molecule has 2 aromatic carbocycles. The maximum Gasteiger partial charge on any atom is 0.343 e. The third-order valence-electron chi connectivity index (χ3n) is 4.18. The van der Waals surface area contributed by atoms with Gasteiger partial charge in [0, 0.05) is 17.4 Å². The highest BCUT2D eigenvalue weighted by atomic mass is 35.5. The average molecular weight is 357 g/mol. The molecule has 5 heteroatoms. The Bertz CT molecular complexity index is 1000. The van der Waals surface area contributed by atoms with E-state index in [1.165, 1.54) is 6.92 Å². The lowest BCUT2D eigenvalue weighted by atomic mass is 9.87. The van der Waals surface area contributed by atoms with Crippen LogP contribution in [0.25, 0.3) is 11.0 Å². The number of carbonyl (C=O) groups excluding carboxylic acids is 1. The van der Waals surface area contributed by atoms with Gasteiger partial charge in [0.05, 0.1) is 10.9 Å². The maximum atomic E-state index is 12.5. The number of fused-ring (bicyclic) bond motifs is 1. The van der Waals surface area contributed by atoms with Crippen LogP contribution in [-0.2, 0) is 4.79 Å². The van der Waals surface area contributed by atoms with Gasteiger partial charge in [-0.2, -0.15) is 0 Å². The van der Waals surface area contributed by atoms with Crippen molar-refractivity contribution in [1.29, 1.82) is 0 Å². The summed E-state index contributed by atoms with van der Waals surface area (Å²) < 4.78 is 5.38. The maximum absolute atomic E-state index is 12.5. The highest BCUT2D eigenvalue weighted by Crippen LogP contribution is 2.36. The fourth-order valence-corrected chi connectivity index (χ4v) is 3.12. The van der Waals surface area contributed by atoms with E-state index in [1.807, 2.05) is 6.92 Å². The third kappa shape index (κ3) is 3.44. The molecule has 25 heavy (non-hydrogen) atoms. The van der Waals surface area contributed by atoms with Gasteiger partial charge in [-0.25, -0.2) is 4.79 Å². The minimum absolute atomic E-state index is 0.0806. The van der Waals surface area contributed by atoms with Gasteiger partial charge in [-0.05, 0) is 43.7 Å². The van der Waals surface area contributed by atoms with Crippen LogP contribution < -0.4 is 5.63 Å². The van der Waals surface area contributed by atoms with Crippen LogP contribution in [0.5, 0.6) is 5.75 Å². The predicted molar refractivity (Wildman–Crippen MR) is 97.5 cm³/mol. The van der Waals surface area contributed by atoms with E-state index in [4.69, 9.17) is 16.0 Å². The first-order valence-corrected chi connectivity index (χ1v) is 8.26. The van der Waals surface area contributed by atoms with Crippen molar-refractivity contribution in [2.45, 2.75) is 26.2 Å². The Morgan fingerprint density at radius 2 is 1.88 bits per heavy atom. The van der Waals surface area contributed by atoms with Crippen molar-refractivity contribution in [3.05, 3.63) is 74.6 Å². The van der Waals surface area contributed by atoms with Gasteiger partial charge in [0.15, 0.2) is 0 Å². The topological polar surface area (TPSA) is 67.5 Å². The van der Waals surface area contributed by atoms with Crippen LogP contribution >= 0.6 is 11.6 Å². The average Bonchev–Trinajstić information content (AvgIpc) is 2.55. The Morgan fingerprint density at radius 1 is 1.20 bits per heavy atom. The van der Waals surface area contributed by atoms with Gasteiger partial charge in [-0.15, -0.1) is 0 Å². The molecule has 1 aromatic heterocycles. The summed E-state index contributed by atoms with van der Waals surface area (Å²) in [6.07, 6.45) is 0.0806. The number of aryl methyl sites for hydroxylation is 1. The summed E-state index contributed by atoms with van der Waals surface area (Å²) in [6.45, 7) is 3.34. The van der Waals surface area contributed by atoms with Crippen molar-refractivity contribution in [3.8, 4) is 5.75 Å². The minimum Gasteiger partial charge on any atom is -0.507 e. The van der Waals surface area contributed by atoms with Crippen LogP contribution in [0.2, 0.25) is 5.02 Å². The highest BCUT2D eigenvalue weighted by Gasteiger charge is 2.26. The van der Waals surface area contributed by atoms with Crippen LogP contribution in [0.15, 0.2) is 51.7 Å². The van der Waals surface area contributed by atoms with Crippen molar-refractivity contribution < 1.29 is 14.3 Å². The molecule has 0 spiro atoms. The molecule has 0 saturated heterocycles. The summed E-state index contributed by atoms with van der Waals surface area (Å²) >= 11 is 5.93.